The molecule has 2 rings (SSSR count). The first-order valence-corrected chi connectivity index (χ1v) is 5.43. The fourth-order valence-electron chi connectivity index (χ4n) is 1.55. The van der Waals surface area contributed by atoms with Crippen molar-refractivity contribution < 1.29 is 4.74 Å². The maximum absolute atomic E-state index is 5.34. The van der Waals surface area contributed by atoms with Crippen molar-refractivity contribution in [2.24, 2.45) is 0 Å². The first kappa shape index (κ1) is 9.46. The minimum atomic E-state index is 0.444. The lowest BCUT2D eigenvalue weighted by atomic mass is 10.1. The highest BCUT2D eigenvalue weighted by Gasteiger charge is 2.13. The van der Waals surface area contributed by atoms with E-state index < -0.39 is 0 Å². The second-order valence-electron chi connectivity index (χ2n) is 3.56. The quantitative estimate of drug-likeness (QED) is 0.752. The summed E-state index contributed by atoms with van der Waals surface area (Å²) in [6, 6.07) is 6.08. The van der Waals surface area contributed by atoms with E-state index in [-0.39, 0.29) is 0 Å². The largest absolute Gasteiger partial charge is 0.496 e. The maximum atomic E-state index is 5.34. The van der Waals surface area contributed by atoms with Gasteiger partial charge in [-0.25, -0.2) is 0 Å². The predicted molar refractivity (Wildman–Crippen MR) is 60.3 cm³/mol. The molecule has 0 spiro atoms. The molecule has 1 aromatic carbocycles. The first-order chi connectivity index (χ1) is 6.74. The van der Waals surface area contributed by atoms with E-state index in [0.29, 0.717) is 5.92 Å². The summed E-state index contributed by atoms with van der Waals surface area (Å²) in [6.45, 7) is 4.31. The number of aromatic nitrogens is 1. The Bertz CT molecular complexity index is 447. The predicted octanol–water partition coefficient (Wildman–Crippen LogP) is 3.43. The smallest absolute Gasteiger partial charge is 0.129 e. The van der Waals surface area contributed by atoms with Gasteiger partial charge < -0.3 is 4.74 Å². The van der Waals surface area contributed by atoms with Crippen molar-refractivity contribution in [1.29, 1.82) is 0 Å². The van der Waals surface area contributed by atoms with E-state index in [1.165, 1.54) is 10.1 Å². The van der Waals surface area contributed by atoms with E-state index in [9.17, 15) is 0 Å². The van der Waals surface area contributed by atoms with E-state index >= 15 is 0 Å². The van der Waals surface area contributed by atoms with Crippen LogP contribution >= 0.6 is 11.5 Å². The van der Waals surface area contributed by atoms with Crippen molar-refractivity contribution in [2.75, 3.05) is 7.11 Å². The molecule has 2 aromatic rings. The molecule has 0 unspecified atom stereocenters. The summed E-state index contributed by atoms with van der Waals surface area (Å²) < 4.78 is 11.0. The van der Waals surface area contributed by atoms with Gasteiger partial charge in [0.2, 0.25) is 0 Å². The highest BCUT2D eigenvalue weighted by Crippen LogP contribution is 2.34. The lowest BCUT2D eigenvalue weighted by Gasteiger charge is -2.05. The molecule has 0 radical (unpaired) electrons. The summed E-state index contributed by atoms with van der Waals surface area (Å²) in [7, 11) is 1.70. The molecule has 1 heterocycles. The van der Waals surface area contributed by atoms with Gasteiger partial charge in [0.1, 0.15) is 5.75 Å². The Morgan fingerprint density at radius 2 is 2.14 bits per heavy atom. The Kier molecular flexibility index (Phi) is 2.42. The summed E-state index contributed by atoms with van der Waals surface area (Å²) in [5.74, 6) is 1.38. The van der Waals surface area contributed by atoms with Crippen molar-refractivity contribution in [3.63, 3.8) is 0 Å². The molecule has 74 valence electrons. The van der Waals surface area contributed by atoms with Gasteiger partial charge in [0, 0.05) is 0 Å². The molecule has 14 heavy (non-hydrogen) atoms. The maximum Gasteiger partial charge on any atom is 0.129 e. The molecule has 0 fully saturated rings. The molecule has 0 N–H and O–H groups in total. The van der Waals surface area contributed by atoms with Gasteiger partial charge in [-0.2, -0.15) is 4.37 Å². The van der Waals surface area contributed by atoms with Crippen molar-refractivity contribution in [3.05, 3.63) is 23.9 Å². The Morgan fingerprint density at radius 3 is 2.79 bits per heavy atom. The Hall–Kier alpha value is -1.09. The zero-order valence-corrected chi connectivity index (χ0v) is 9.39. The second-order valence-corrected chi connectivity index (χ2v) is 4.36. The number of benzene rings is 1. The topological polar surface area (TPSA) is 22.1 Å². The van der Waals surface area contributed by atoms with Gasteiger partial charge in [0.15, 0.2) is 0 Å². The molecule has 0 aliphatic heterocycles. The molecule has 0 amide bonds. The van der Waals surface area contributed by atoms with Crippen LogP contribution in [0.4, 0.5) is 0 Å². The summed E-state index contributed by atoms with van der Waals surface area (Å²) in [6.07, 6.45) is 0. The third kappa shape index (κ3) is 1.38. The molecule has 0 atom stereocenters. The average Bonchev–Trinajstić information content (AvgIpc) is 2.60. The van der Waals surface area contributed by atoms with E-state index in [1.54, 1.807) is 18.6 Å². The third-order valence-corrected chi connectivity index (χ3v) is 3.08. The van der Waals surface area contributed by atoms with Gasteiger partial charge in [-0.1, -0.05) is 19.9 Å². The van der Waals surface area contributed by atoms with Crippen LogP contribution in [-0.2, 0) is 0 Å². The molecule has 0 bridgehead atoms. The summed E-state index contributed by atoms with van der Waals surface area (Å²) >= 11 is 1.54. The van der Waals surface area contributed by atoms with Crippen LogP contribution in [0, 0.1) is 0 Å². The molecule has 2 nitrogen and oxygen atoms in total. The average molecular weight is 207 g/mol. The van der Waals surface area contributed by atoms with Gasteiger partial charge in [-0.15, -0.1) is 0 Å². The van der Waals surface area contributed by atoms with Crippen LogP contribution in [0.1, 0.15) is 25.5 Å². The third-order valence-electron chi connectivity index (χ3n) is 2.25. The summed E-state index contributed by atoms with van der Waals surface area (Å²) in [5, 5.41) is 1.18. The first-order valence-electron chi connectivity index (χ1n) is 4.66. The van der Waals surface area contributed by atoms with Gasteiger partial charge in [0.25, 0.3) is 0 Å². The van der Waals surface area contributed by atoms with Crippen molar-refractivity contribution in [1.82, 2.24) is 4.37 Å². The van der Waals surface area contributed by atoms with E-state index in [4.69, 9.17) is 4.74 Å². The fraction of sp³-hybridized carbons (Fsp3) is 0.364. The zero-order chi connectivity index (χ0) is 10.1. The van der Waals surface area contributed by atoms with Gasteiger partial charge in [-0.3, -0.25) is 0 Å². The number of fused-ring (bicyclic) bond motifs is 1. The van der Waals surface area contributed by atoms with Crippen molar-refractivity contribution in [2.45, 2.75) is 19.8 Å². The number of nitrogens with zero attached hydrogens (tertiary/aromatic N) is 1. The molecule has 0 aliphatic carbocycles. The number of hydrogen-bond acceptors (Lipinski definition) is 3. The molecule has 3 heteroatoms. The van der Waals surface area contributed by atoms with Gasteiger partial charge in [-0.05, 0) is 29.6 Å². The van der Waals surface area contributed by atoms with Crippen LogP contribution in [0.15, 0.2) is 18.2 Å². The summed E-state index contributed by atoms with van der Waals surface area (Å²) in [5.41, 5.74) is 1.14. The number of rotatable bonds is 2. The van der Waals surface area contributed by atoms with Crippen LogP contribution in [0.25, 0.3) is 10.1 Å². The lowest BCUT2D eigenvalue weighted by molar-refractivity contribution is 0.419. The SMILES string of the molecule is COc1cccc2snc(C(C)C)c12. The normalized spacial score (nSPS) is 11.1. The van der Waals surface area contributed by atoms with Gasteiger partial charge in [0.05, 0.1) is 22.9 Å². The van der Waals surface area contributed by atoms with Crippen molar-refractivity contribution in [3.8, 4) is 5.75 Å². The summed E-state index contributed by atoms with van der Waals surface area (Å²) in [4.78, 5) is 0. The molecule has 0 saturated heterocycles. The molecular weight excluding hydrogens is 194 g/mol. The minimum absolute atomic E-state index is 0.444. The number of hydrogen-bond donors (Lipinski definition) is 0. The number of ether oxygens (including phenoxy) is 1. The van der Waals surface area contributed by atoms with E-state index in [1.807, 2.05) is 12.1 Å². The molecule has 0 saturated carbocycles. The zero-order valence-electron chi connectivity index (χ0n) is 8.57. The van der Waals surface area contributed by atoms with Crippen LogP contribution in [0.5, 0.6) is 5.75 Å². The van der Waals surface area contributed by atoms with E-state index in [0.717, 1.165) is 11.4 Å². The van der Waals surface area contributed by atoms with E-state index in [2.05, 4.69) is 24.3 Å². The Morgan fingerprint density at radius 1 is 1.36 bits per heavy atom. The van der Waals surface area contributed by atoms with Crippen LogP contribution in [-0.4, -0.2) is 11.5 Å². The monoisotopic (exact) mass is 207 g/mol. The standard InChI is InChI=1S/C11H13NOS/c1-7(2)11-10-8(13-3)5-4-6-9(10)14-12-11/h4-7H,1-3H3. The van der Waals surface area contributed by atoms with Crippen molar-refractivity contribution >= 4 is 21.6 Å². The fourth-order valence-corrected chi connectivity index (χ4v) is 2.48. The second kappa shape index (κ2) is 3.58. The minimum Gasteiger partial charge on any atom is -0.496 e. The lowest BCUT2D eigenvalue weighted by Crippen LogP contribution is -1.90. The molecule has 1 aromatic heterocycles. The highest BCUT2D eigenvalue weighted by molar-refractivity contribution is 7.13. The van der Waals surface area contributed by atoms with Crippen LogP contribution in [0.2, 0.25) is 0 Å². The highest BCUT2D eigenvalue weighted by atomic mass is 32.1. The Labute approximate surface area is 87.7 Å². The molecule has 0 aliphatic rings. The number of methoxy groups -OCH3 is 1. The van der Waals surface area contributed by atoms with Crippen LogP contribution in [0.3, 0.4) is 0 Å². The van der Waals surface area contributed by atoms with Gasteiger partial charge >= 0.3 is 0 Å². The van der Waals surface area contributed by atoms with Crippen LogP contribution < -0.4 is 4.74 Å². The Balaban J connectivity index is 2.74. The molecular formula is C11H13NOS.